The molecule has 10 heteroatoms. The van der Waals surface area contributed by atoms with Gasteiger partial charge in [-0.2, -0.15) is 0 Å². The van der Waals surface area contributed by atoms with Gasteiger partial charge in [0.15, 0.2) is 17.3 Å². The summed E-state index contributed by atoms with van der Waals surface area (Å²) in [6.45, 7) is 1.11. The number of hydrogen-bond donors (Lipinski definition) is 0. The van der Waals surface area contributed by atoms with Crippen molar-refractivity contribution in [1.82, 2.24) is 14.0 Å². The highest BCUT2D eigenvalue weighted by Gasteiger charge is 2.27. The molecule has 7 nitrogen and oxygen atoms in total. The van der Waals surface area contributed by atoms with Gasteiger partial charge in [-0.15, -0.1) is 0 Å². The van der Waals surface area contributed by atoms with E-state index < -0.39 is 30.3 Å². The molecule has 0 spiro atoms. The highest BCUT2D eigenvalue weighted by atomic mass is 19.1. The van der Waals surface area contributed by atoms with E-state index in [1.165, 1.54) is 36.4 Å². The molecule has 0 bridgehead atoms. The van der Waals surface area contributed by atoms with Crippen LogP contribution in [0.15, 0.2) is 41.3 Å². The van der Waals surface area contributed by atoms with E-state index in [1.54, 1.807) is 12.1 Å². The van der Waals surface area contributed by atoms with Crippen molar-refractivity contribution in [2.75, 3.05) is 27.1 Å². The molecule has 0 atom stereocenters. The largest absolute Gasteiger partial charge is 0.493 e. The number of nitrogens with zero attached hydrogens (tertiary/aromatic N) is 3. The van der Waals surface area contributed by atoms with E-state index in [9.17, 15) is 18.4 Å². The predicted molar refractivity (Wildman–Crippen MR) is 134 cm³/mol. The van der Waals surface area contributed by atoms with E-state index in [4.69, 9.17) is 9.47 Å². The van der Waals surface area contributed by atoms with Crippen molar-refractivity contribution in [3.63, 3.8) is 0 Å². The summed E-state index contributed by atoms with van der Waals surface area (Å²) in [5.74, 6) is -0.943. The van der Waals surface area contributed by atoms with Gasteiger partial charge in [0.05, 0.1) is 29.3 Å². The number of carbonyl (C=O) groups is 1. The van der Waals surface area contributed by atoms with Gasteiger partial charge in [0.2, 0.25) is 6.86 Å². The average molecular weight is 514 g/mol. The van der Waals surface area contributed by atoms with Crippen LogP contribution < -0.4 is 15.0 Å². The van der Waals surface area contributed by atoms with Crippen LogP contribution in [0.2, 0.25) is 0 Å². The van der Waals surface area contributed by atoms with Crippen molar-refractivity contribution in [2.45, 2.75) is 25.9 Å². The topological polar surface area (TPSA) is 65.7 Å². The fourth-order valence-corrected chi connectivity index (χ4v) is 4.93. The third-order valence-electron chi connectivity index (χ3n) is 7.09. The van der Waals surface area contributed by atoms with E-state index in [2.05, 4.69) is 0 Å². The number of fused-ring (bicyclic) bond motifs is 2. The molecule has 1 saturated heterocycles. The third-order valence-corrected chi connectivity index (χ3v) is 7.09. The van der Waals surface area contributed by atoms with Crippen LogP contribution in [0, 0.1) is 12.7 Å². The molecule has 2 aromatic heterocycles. The van der Waals surface area contributed by atoms with Crippen LogP contribution in [0.5, 0.6) is 11.5 Å². The smallest absolute Gasteiger partial charge is 0.263 e. The number of carbonyl (C=O) groups excluding carboxylic acids is 1. The molecular formula is C27H26F3N3O4. The molecule has 5 rings (SSSR count). The minimum absolute atomic E-state index is 0.0271. The molecule has 3 heterocycles. The molecular weight excluding hydrogens is 487 g/mol. The molecule has 0 unspecified atom stereocenters. The number of likely N-dealkylation sites (tertiary alicyclic amines) is 1. The third kappa shape index (κ3) is 4.10. The first kappa shape index (κ1) is 24.7. The van der Waals surface area contributed by atoms with Crippen molar-refractivity contribution in [2.24, 2.45) is 7.05 Å². The molecule has 0 radical (unpaired) electrons. The quantitative estimate of drug-likeness (QED) is 0.384. The van der Waals surface area contributed by atoms with Crippen molar-refractivity contribution in [3.8, 4) is 17.2 Å². The predicted octanol–water partition coefficient (Wildman–Crippen LogP) is 4.82. The summed E-state index contributed by atoms with van der Waals surface area (Å²) in [6.07, 6.45) is 0.744. The maximum Gasteiger partial charge on any atom is 0.263 e. The Balaban J connectivity index is 1.78. The summed E-state index contributed by atoms with van der Waals surface area (Å²) in [4.78, 5) is 28.8. The zero-order valence-electron chi connectivity index (χ0n) is 20.7. The Morgan fingerprint density at radius 3 is 2.46 bits per heavy atom. The monoisotopic (exact) mass is 513 g/mol. The number of aryl methyl sites for hydroxylation is 2. The summed E-state index contributed by atoms with van der Waals surface area (Å²) in [5.41, 5.74) is 0.947. The summed E-state index contributed by atoms with van der Waals surface area (Å²) in [5, 5.41) is 0.603. The van der Waals surface area contributed by atoms with Crippen molar-refractivity contribution in [1.29, 1.82) is 0 Å². The van der Waals surface area contributed by atoms with Gasteiger partial charge in [-0.05, 0) is 50.1 Å². The van der Waals surface area contributed by atoms with Gasteiger partial charge >= 0.3 is 0 Å². The number of aromatic nitrogens is 2. The number of pyridine rings is 1. The van der Waals surface area contributed by atoms with E-state index in [-0.39, 0.29) is 59.5 Å². The van der Waals surface area contributed by atoms with Gasteiger partial charge in [0.25, 0.3) is 11.5 Å². The highest BCUT2D eigenvalue weighted by Crippen LogP contribution is 2.34. The highest BCUT2D eigenvalue weighted by molar-refractivity contribution is 6.07. The van der Waals surface area contributed by atoms with E-state index in [1.807, 2.05) is 18.5 Å². The van der Waals surface area contributed by atoms with Gasteiger partial charge in [0, 0.05) is 42.8 Å². The summed E-state index contributed by atoms with van der Waals surface area (Å²) in [6, 6.07) is 7.60. The van der Waals surface area contributed by atoms with Crippen molar-refractivity contribution < 1.29 is 27.4 Å². The lowest BCUT2D eigenvalue weighted by Gasteiger charge is -2.29. The number of rotatable bonds is 5. The number of piperidine rings is 1. The van der Waals surface area contributed by atoms with Crippen LogP contribution in [0.25, 0.3) is 27.4 Å². The first-order valence-electron chi connectivity index (χ1n) is 11.9. The van der Waals surface area contributed by atoms with Crippen molar-refractivity contribution in [3.05, 3.63) is 64.0 Å². The lowest BCUT2D eigenvalue weighted by atomic mass is 10.0. The van der Waals surface area contributed by atoms with Crippen LogP contribution >= 0.6 is 0 Å². The number of halogens is 3. The molecule has 0 N–H and O–H groups in total. The molecule has 4 aromatic rings. The molecule has 194 valence electrons. The fraction of sp³-hybridized carbons (Fsp3) is 0.333. The van der Waals surface area contributed by atoms with Crippen LogP contribution in [-0.2, 0) is 7.05 Å². The molecule has 0 saturated carbocycles. The van der Waals surface area contributed by atoms with Crippen LogP contribution in [0.1, 0.15) is 28.9 Å². The van der Waals surface area contributed by atoms with Crippen molar-refractivity contribution >= 4 is 27.6 Å². The van der Waals surface area contributed by atoms with Gasteiger partial charge in [-0.1, -0.05) is 0 Å². The zero-order valence-corrected chi connectivity index (χ0v) is 20.7. The maximum atomic E-state index is 15.8. The zero-order chi connectivity index (χ0) is 26.4. The first-order chi connectivity index (χ1) is 17.7. The SMILES string of the molecule is COc1cc2c(C(=O)N3CCC(F)CC3)cn(-c3ccc4c(cc(C)n4C)c3F)c(=O)c2cc1OCF. The maximum absolute atomic E-state index is 15.8. The number of benzene rings is 2. The Kier molecular flexibility index (Phi) is 6.35. The minimum atomic E-state index is -1.16. The summed E-state index contributed by atoms with van der Waals surface area (Å²) in [7, 11) is 3.17. The van der Waals surface area contributed by atoms with E-state index in [0.29, 0.717) is 10.9 Å². The molecule has 1 amide bonds. The second kappa shape index (κ2) is 9.49. The van der Waals surface area contributed by atoms with Gasteiger partial charge in [0.1, 0.15) is 6.17 Å². The van der Waals surface area contributed by atoms with Crippen LogP contribution in [0.4, 0.5) is 13.2 Å². The van der Waals surface area contributed by atoms with Gasteiger partial charge < -0.3 is 18.9 Å². The normalized spacial score (nSPS) is 14.5. The minimum Gasteiger partial charge on any atom is -0.493 e. The second-order valence-electron chi connectivity index (χ2n) is 9.16. The number of methoxy groups -OCH3 is 1. The molecule has 37 heavy (non-hydrogen) atoms. The lowest BCUT2D eigenvalue weighted by Crippen LogP contribution is -2.39. The number of amides is 1. The Morgan fingerprint density at radius 2 is 1.78 bits per heavy atom. The Bertz CT molecular complexity index is 1590. The average Bonchev–Trinajstić information content (AvgIpc) is 3.19. The number of alkyl halides is 2. The Labute approximate surface area is 210 Å². The molecule has 2 aromatic carbocycles. The molecule has 1 aliphatic heterocycles. The first-order valence-corrected chi connectivity index (χ1v) is 11.9. The van der Waals surface area contributed by atoms with Gasteiger partial charge in [-0.25, -0.2) is 13.2 Å². The lowest BCUT2D eigenvalue weighted by molar-refractivity contribution is 0.0668. The van der Waals surface area contributed by atoms with Gasteiger partial charge in [-0.3, -0.25) is 14.2 Å². The summed E-state index contributed by atoms with van der Waals surface area (Å²) < 4.78 is 55.8. The Hall–Kier alpha value is -3.95. The van der Waals surface area contributed by atoms with Crippen LogP contribution in [0.3, 0.4) is 0 Å². The molecule has 1 fully saturated rings. The summed E-state index contributed by atoms with van der Waals surface area (Å²) >= 11 is 0. The fourth-order valence-electron chi connectivity index (χ4n) is 4.93. The van der Waals surface area contributed by atoms with E-state index >= 15 is 4.39 Å². The second-order valence-corrected chi connectivity index (χ2v) is 9.16. The van der Waals surface area contributed by atoms with Crippen LogP contribution in [-0.4, -0.2) is 53.2 Å². The van der Waals surface area contributed by atoms with E-state index in [0.717, 1.165) is 10.3 Å². The Morgan fingerprint density at radius 1 is 1.08 bits per heavy atom. The standard InChI is InChI=1S/C27H26F3N3O4/c1-15-10-19-21(31(15)2)4-5-22(25(19)30)33-13-20(26(34)32-8-6-16(29)7-9-32)17-11-23(36-3)24(37-14-28)12-18(17)27(33)35/h4-5,10-13,16H,6-9,14H2,1-3H3. The molecule has 1 aliphatic rings. The number of hydrogen-bond acceptors (Lipinski definition) is 4. The number of ether oxygens (including phenoxy) is 2. The molecule has 0 aliphatic carbocycles.